The molecule has 2 heterocycles. The van der Waals surface area contributed by atoms with Gasteiger partial charge in [0, 0.05) is 18.3 Å². The lowest BCUT2D eigenvalue weighted by Gasteiger charge is -2.20. The minimum Gasteiger partial charge on any atom is -0.368 e. The van der Waals surface area contributed by atoms with E-state index in [0.717, 1.165) is 23.5 Å². The van der Waals surface area contributed by atoms with Crippen LogP contribution in [-0.2, 0) is 6.54 Å². The van der Waals surface area contributed by atoms with Gasteiger partial charge in [-0.2, -0.15) is 0 Å². The summed E-state index contributed by atoms with van der Waals surface area (Å²) in [6.45, 7) is 7.23. The van der Waals surface area contributed by atoms with E-state index in [1.54, 1.807) is 30.7 Å². The summed E-state index contributed by atoms with van der Waals surface area (Å²) in [6.07, 6.45) is 3.41. The summed E-state index contributed by atoms with van der Waals surface area (Å²) in [5.74, 6) is -0.0678. The fourth-order valence-electron chi connectivity index (χ4n) is 2.61. The summed E-state index contributed by atoms with van der Waals surface area (Å²) in [4.78, 5) is 12.8. The highest BCUT2D eigenvalue weighted by molar-refractivity contribution is 5.77. The highest BCUT2D eigenvalue weighted by atomic mass is 19.1. The van der Waals surface area contributed by atoms with Crippen molar-refractivity contribution in [2.75, 3.05) is 5.73 Å². The molecule has 0 bridgehead atoms. The SMILES string of the molecule is CC(C)(C)Cn1cnc(-c2ccc(F)cc2)c1-c1ccnc(N)n1. The first-order valence-corrected chi connectivity index (χ1v) is 7.73. The van der Waals surface area contributed by atoms with E-state index in [-0.39, 0.29) is 17.2 Å². The summed E-state index contributed by atoms with van der Waals surface area (Å²) in [5.41, 5.74) is 8.94. The number of hydrogen-bond donors (Lipinski definition) is 1. The highest BCUT2D eigenvalue weighted by Gasteiger charge is 2.20. The van der Waals surface area contributed by atoms with Crippen molar-refractivity contribution < 1.29 is 4.39 Å². The van der Waals surface area contributed by atoms with Crippen molar-refractivity contribution in [1.29, 1.82) is 0 Å². The number of benzene rings is 1. The smallest absolute Gasteiger partial charge is 0.220 e. The number of hydrogen-bond acceptors (Lipinski definition) is 4. The highest BCUT2D eigenvalue weighted by Crippen LogP contribution is 2.32. The van der Waals surface area contributed by atoms with Crippen LogP contribution in [0.25, 0.3) is 22.6 Å². The molecule has 0 saturated heterocycles. The van der Waals surface area contributed by atoms with E-state index < -0.39 is 0 Å². The largest absolute Gasteiger partial charge is 0.368 e. The standard InChI is InChI=1S/C18H20FN5/c1-18(2,3)10-24-11-22-15(12-4-6-13(19)7-5-12)16(24)14-8-9-21-17(20)23-14/h4-9,11H,10H2,1-3H3,(H2,20,21,23). The third-order valence-corrected chi connectivity index (χ3v) is 3.52. The molecule has 0 aliphatic rings. The summed E-state index contributed by atoms with van der Waals surface area (Å²) in [5, 5.41) is 0. The Morgan fingerprint density at radius 3 is 2.42 bits per heavy atom. The molecular formula is C18H20FN5. The first kappa shape index (κ1) is 16.1. The molecule has 24 heavy (non-hydrogen) atoms. The van der Waals surface area contributed by atoms with E-state index in [1.165, 1.54) is 12.1 Å². The van der Waals surface area contributed by atoms with Crippen LogP contribution in [0.4, 0.5) is 10.3 Å². The number of aromatic nitrogens is 4. The van der Waals surface area contributed by atoms with Crippen LogP contribution in [-0.4, -0.2) is 19.5 Å². The Kier molecular flexibility index (Phi) is 4.05. The molecular weight excluding hydrogens is 305 g/mol. The minimum absolute atomic E-state index is 0.0636. The van der Waals surface area contributed by atoms with Gasteiger partial charge in [-0.25, -0.2) is 19.3 Å². The molecule has 5 nitrogen and oxygen atoms in total. The molecule has 6 heteroatoms. The molecule has 0 radical (unpaired) electrons. The maximum Gasteiger partial charge on any atom is 0.220 e. The average Bonchev–Trinajstić information content (AvgIpc) is 2.89. The third kappa shape index (κ3) is 3.42. The van der Waals surface area contributed by atoms with Gasteiger partial charge in [-0.15, -0.1) is 0 Å². The maximum absolute atomic E-state index is 13.2. The van der Waals surface area contributed by atoms with Crippen molar-refractivity contribution in [1.82, 2.24) is 19.5 Å². The number of nitrogen functional groups attached to an aromatic ring is 1. The van der Waals surface area contributed by atoms with E-state index in [4.69, 9.17) is 5.73 Å². The van der Waals surface area contributed by atoms with Gasteiger partial charge in [-0.1, -0.05) is 20.8 Å². The summed E-state index contributed by atoms with van der Waals surface area (Å²) >= 11 is 0. The van der Waals surface area contributed by atoms with Crippen molar-refractivity contribution in [2.45, 2.75) is 27.3 Å². The number of nitrogens with two attached hydrogens (primary N) is 1. The Hall–Kier alpha value is -2.76. The Balaban J connectivity index is 2.17. The number of rotatable bonds is 3. The summed E-state index contributed by atoms with van der Waals surface area (Å²) in [7, 11) is 0. The second kappa shape index (κ2) is 6.03. The first-order chi connectivity index (χ1) is 11.3. The molecule has 124 valence electrons. The van der Waals surface area contributed by atoms with E-state index in [0.29, 0.717) is 5.69 Å². The average molecular weight is 325 g/mol. The molecule has 0 atom stereocenters. The van der Waals surface area contributed by atoms with Crippen molar-refractivity contribution in [3.05, 3.63) is 48.7 Å². The van der Waals surface area contributed by atoms with Gasteiger partial charge in [0.25, 0.3) is 0 Å². The third-order valence-electron chi connectivity index (χ3n) is 3.52. The van der Waals surface area contributed by atoms with Crippen LogP contribution in [0.15, 0.2) is 42.9 Å². The molecule has 0 spiro atoms. The molecule has 3 aromatic rings. The van der Waals surface area contributed by atoms with Crippen molar-refractivity contribution in [3.8, 4) is 22.6 Å². The lowest BCUT2D eigenvalue weighted by molar-refractivity contribution is 0.345. The first-order valence-electron chi connectivity index (χ1n) is 7.73. The molecule has 0 aliphatic carbocycles. The fourth-order valence-corrected chi connectivity index (χ4v) is 2.61. The summed E-state index contributed by atoms with van der Waals surface area (Å²) < 4.78 is 15.3. The molecule has 3 rings (SSSR count). The molecule has 0 fully saturated rings. The molecule has 2 N–H and O–H groups in total. The monoisotopic (exact) mass is 325 g/mol. The Morgan fingerprint density at radius 2 is 1.79 bits per heavy atom. The molecule has 0 unspecified atom stereocenters. The van der Waals surface area contributed by atoms with Gasteiger partial charge in [0.05, 0.1) is 23.4 Å². The molecule has 0 aliphatic heterocycles. The van der Waals surface area contributed by atoms with Crippen molar-refractivity contribution in [3.63, 3.8) is 0 Å². The van der Waals surface area contributed by atoms with Gasteiger partial charge in [0.2, 0.25) is 5.95 Å². The number of nitrogens with zero attached hydrogens (tertiary/aromatic N) is 4. The van der Waals surface area contributed by atoms with Crippen LogP contribution in [0.5, 0.6) is 0 Å². The van der Waals surface area contributed by atoms with Crippen LogP contribution in [0.2, 0.25) is 0 Å². The number of anilines is 1. The van der Waals surface area contributed by atoms with Gasteiger partial charge in [-0.3, -0.25) is 0 Å². The quantitative estimate of drug-likeness (QED) is 0.795. The lowest BCUT2D eigenvalue weighted by Crippen LogP contribution is -2.16. The van der Waals surface area contributed by atoms with Gasteiger partial charge in [-0.05, 0) is 35.7 Å². The molecule has 0 amide bonds. The Labute approximate surface area is 140 Å². The Morgan fingerprint density at radius 1 is 1.08 bits per heavy atom. The predicted octanol–water partition coefficient (Wildman–Crippen LogP) is 3.77. The van der Waals surface area contributed by atoms with Crippen LogP contribution >= 0.6 is 0 Å². The number of imidazole rings is 1. The normalized spacial score (nSPS) is 11.7. The fraction of sp³-hybridized carbons (Fsp3) is 0.278. The summed E-state index contributed by atoms with van der Waals surface area (Å²) in [6, 6.07) is 8.09. The topological polar surface area (TPSA) is 69.6 Å². The van der Waals surface area contributed by atoms with Crippen LogP contribution in [0.1, 0.15) is 20.8 Å². The zero-order valence-electron chi connectivity index (χ0n) is 14.0. The van der Waals surface area contributed by atoms with Gasteiger partial charge in [0.1, 0.15) is 5.82 Å². The number of halogens is 1. The molecule has 0 saturated carbocycles. The predicted molar refractivity (Wildman–Crippen MR) is 92.5 cm³/mol. The molecule has 2 aromatic heterocycles. The molecule has 1 aromatic carbocycles. The second-order valence-electron chi connectivity index (χ2n) is 6.94. The zero-order valence-corrected chi connectivity index (χ0v) is 14.0. The van der Waals surface area contributed by atoms with Crippen LogP contribution in [0, 0.1) is 11.2 Å². The minimum atomic E-state index is -0.277. The van der Waals surface area contributed by atoms with Crippen molar-refractivity contribution in [2.24, 2.45) is 5.41 Å². The second-order valence-corrected chi connectivity index (χ2v) is 6.94. The van der Waals surface area contributed by atoms with Gasteiger partial charge >= 0.3 is 0 Å². The Bertz CT molecular complexity index is 847. The van der Waals surface area contributed by atoms with Crippen LogP contribution < -0.4 is 5.73 Å². The van der Waals surface area contributed by atoms with Gasteiger partial charge < -0.3 is 10.3 Å². The van der Waals surface area contributed by atoms with E-state index >= 15 is 0 Å². The van der Waals surface area contributed by atoms with E-state index in [1.807, 2.05) is 0 Å². The van der Waals surface area contributed by atoms with E-state index in [9.17, 15) is 4.39 Å². The van der Waals surface area contributed by atoms with Gasteiger partial charge in [0.15, 0.2) is 0 Å². The van der Waals surface area contributed by atoms with Crippen molar-refractivity contribution >= 4 is 5.95 Å². The lowest BCUT2D eigenvalue weighted by atomic mass is 9.96. The maximum atomic E-state index is 13.2. The van der Waals surface area contributed by atoms with E-state index in [2.05, 4.69) is 40.3 Å². The van der Waals surface area contributed by atoms with Crippen LogP contribution in [0.3, 0.4) is 0 Å². The zero-order chi connectivity index (χ0) is 17.3.